The topological polar surface area (TPSA) is 59.3 Å². The predicted octanol–water partition coefficient (Wildman–Crippen LogP) is 2.99. The van der Waals surface area contributed by atoms with Crippen LogP contribution in [-0.2, 0) is 0 Å². The molecule has 0 atom stereocenters. The quantitative estimate of drug-likeness (QED) is 0.860. The highest BCUT2D eigenvalue weighted by molar-refractivity contribution is 5.95. The molecule has 0 aliphatic heterocycles. The number of carboxylic acids is 1. The molecule has 19 heavy (non-hydrogen) atoms. The maximum Gasteiger partial charge on any atom is 0.335 e. The number of rotatable bonds is 3. The molecule has 2 rings (SSSR count). The Morgan fingerprint density at radius 3 is 2.11 bits per heavy atom. The van der Waals surface area contributed by atoms with Gasteiger partial charge in [0.25, 0.3) is 0 Å². The molecule has 0 fully saturated rings. The first-order chi connectivity index (χ1) is 8.91. The molecule has 1 aromatic carbocycles. The average molecular weight is 257 g/mol. The van der Waals surface area contributed by atoms with Crippen LogP contribution >= 0.6 is 0 Å². The summed E-state index contributed by atoms with van der Waals surface area (Å²) in [6.07, 6.45) is 0. The van der Waals surface area contributed by atoms with E-state index in [1.807, 2.05) is 24.5 Å². The minimum atomic E-state index is -0.947. The van der Waals surface area contributed by atoms with Crippen molar-refractivity contribution in [2.45, 2.75) is 20.8 Å². The van der Waals surface area contributed by atoms with Crippen molar-refractivity contribution < 1.29 is 14.7 Å². The Morgan fingerprint density at radius 1 is 1.11 bits per heavy atom. The Labute approximate surface area is 111 Å². The van der Waals surface area contributed by atoms with Gasteiger partial charge in [0.1, 0.15) is 0 Å². The van der Waals surface area contributed by atoms with Crippen molar-refractivity contribution in [2.24, 2.45) is 0 Å². The average Bonchev–Trinajstić information content (AvgIpc) is 2.65. The molecule has 98 valence electrons. The van der Waals surface area contributed by atoms with E-state index in [1.54, 1.807) is 31.2 Å². The molecule has 1 heterocycles. The second-order valence-corrected chi connectivity index (χ2v) is 4.53. The van der Waals surface area contributed by atoms with E-state index < -0.39 is 5.97 Å². The maximum absolute atomic E-state index is 11.5. The Balaban J connectivity index is 2.53. The molecule has 0 unspecified atom stereocenters. The van der Waals surface area contributed by atoms with Gasteiger partial charge in [-0.1, -0.05) is 0 Å². The number of aromatic carboxylic acids is 1. The lowest BCUT2D eigenvalue weighted by Gasteiger charge is -2.10. The lowest BCUT2D eigenvalue weighted by atomic mass is 10.2. The summed E-state index contributed by atoms with van der Waals surface area (Å²) in [6, 6.07) is 8.46. The van der Waals surface area contributed by atoms with Crippen molar-refractivity contribution in [3.8, 4) is 5.69 Å². The summed E-state index contributed by atoms with van der Waals surface area (Å²) in [4.78, 5) is 22.3. The van der Waals surface area contributed by atoms with Crippen LogP contribution in [0.15, 0.2) is 30.3 Å². The molecule has 1 aromatic heterocycles. The Bertz CT molecular complexity index is 651. The van der Waals surface area contributed by atoms with Crippen LogP contribution < -0.4 is 0 Å². The number of nitrogens with zero attached hydrogens (tertiary/aromatic N) is 1. The second-order valence-electron chi connectivity index (χ2n) is 4.53. The number of aromatic nitrogens is 1. The third kappa shape index (κ3) is 2.29. The van der Waals surface area contributed by atoms with Crippen molar-refractivity contribution in [1.82, 2.24) is 4.57 Å². The minimum Gasteiger partial charge on any atom is -0.478 e. The maximum atomic E-state index is 11.5. The molecule has 0 radical (unpaired) electrons. The van der Waals surface area contributed by atoms with Crippen LogP contribution in [0.2, 0.25) is 0 Å². The highest BCUT2D eigenvalue weighted by atomic mass is 16.4. The molecule has 0 aliphatic rings. The fraction of sp³-hybridized carbons (Fsp3) is 0.200. The molecule has 0 aliphatic carbocycles. The first-order valence-electron chi connectivity index (χ1n) is 5.95. The van der Waals surface area contributed by atoms with E-state index in [0.29, 0.717) is 5.56 Å². The number of Topliss-reactive ketones (excluding diaryl/α,β-unsaturated/α-hetero) is 1. The molecule has 4 heteroatoms. The molecular formula is C15H15NO3. The minimum absolute atomic E-state index is 0.0292. The summed E-state index contributed by atoms with van der Waals surface area (Å²) in [7, 11) is 0. The van der Waals surface area contributed by atoms with Crippen LogP contribution in [0, 0.1) is 13.8 Å². The van der Waals surface area contributed by atoms with Crippen molar-refractivity contribution in [3.63, 3.8) is 0 Å². The zero-order valence-electron chi connectivity index (χ0n) is 11.1. The van der Waals surface area contributed by atoms with Gasteiger partial charge in [0, 0.05) is 22.6 Å². The lowest BCUT2D eigenvalue weighted by molar-refractivity contribution is 0.0696. The SMILES string of the molecule is CC(=O)c1cc(C)n(-c2ccc(C(=O)O)cc2)c1C. The van der Waals surface area contributed by atoms with Crippen molar-refractivity contribution >= 4 is 11.8 Å². The number of hydrogen-bond acceptors (Lipinski definition) is 2. The van der Waals surface area contributed by atoms with Crippen molar-refractivity contribution in [2.75, 3.05) is 0 Å². The Morgan fingerprint density at radius 2 is 1.68 bits per heavy atom. The molecule has 4 nitrogen and oxygen atoms in total. The number of ketones is 1. The van der Waals surface area contributed by atoms with Crippen LogP contribution in [0.5, 0.6) is 0 Å². The number of carboxylic acid groups (broad SMARTS) is 1. The second kappa shape index (κ2) is 4.72. The van der Waals surface area contributed by atoms with E-state index in [1.165, 1.54) is 0 Å². The predicted molar refractivity (Wildman–Crippen MR) is 72.2 cm³/mol. The number of aryl methyl sites for hydroxylation is 1. The largest absolute Gasteiger partial charge is 0.478 e. The fourth-order valence-corrected chi connectivity index (χ4v) is 2.27. The molecular weight excluding hydrogens is 242 g/mol. The summed E-state index contributed by atoms with van der Waals surface area (Å²) in [5, 5.41) is 8.88. The zero-order chi connectivity index (χ0) is 14.2. The molecule has 1 N–H and O–H groups in total. The number of hydrogen-bond donors (Lipinski definition) is 1. The van der Waals surface area contributed by atoms with Crippen LogP contribution in [0.25, 0.3) is 5.69 Å². The summed E-state index contributed by atoms with van der Waals surface area (Å²) in [5.74, 6) is -0.918. The molecule has 0 amide bonds. The van der Waals surface area contributed by atoms with Gasteiger partial charge in [0.05, 0.1) is 5.56 Å². The molecule has 0 saturated heterocycles. The van der Waals surface area contributed by atoms with Gasteiger partial charge in [-0.3, -0.25) is 4.79 Å². The summed E-state index contributed by atoms with van der Waals surface area (Å²) >= 11 is 0. The van der Waals surface area contributed by atoms with E-state index in [2.05, 4.69) is 0 Å². The first-order valence-corrected chi connectivity index (χ1v) is 5.95. The number of benzene rings is 1. The van der Waals surface area contributed by atoms with Crippen molar-refractivity contribution in [1.29, 1.82) is 0 Å². The summed E-state index contributed by atoms with van der Waals surface area (Å²) in [6.45, 7) is 5.35. The van der Waals surface area contributed by atoms with E-state index >= 15 is 0 Å². The summed E-state index contributed by atoms with van der Waals surface area (Å²) in [5.41, 5.74) is 3.61. The van der Waals surface area contributed by atoms with Gasteiger partial charge >= 0.3 is 5.97 Å². The van der Waals surface area contributed by atoms with Crippen LogP contribution in [0.4, 0.5) is 0 Å². The highest BCUT2D eigenvalue weighted by Crippen LogP contribution is 2.21. The number of carbonyl (C=O) groups is 2. The smallest absolute Gasteiger partial charge is 0.335 e. The van der Waals surface area contributed by atoms with Gasteiger partial charge in [0.15, 0.2) is 5.78 Å². The van der Waals surface area contributed by atoms with E-state index in [9.17, 15) is 9.59 Å². The standard InChI is InChI=1S/C15H15NO3/c1-9-8-14(11(3)17)10(2)16(9)13-6-4-12(5-7-13)15(18)19/h4-8H,1-3H3,(H,18,19). The van der Waals surface area contributed by atoms with Gasteiger partial charge < -0.3 is 9.67 Å². The highest BCUT2D eigenvalue weighted by Gasteiger charge is 2.13. The van der Waals surface area contributed by atoms with Gasteiger partial charge in [-0.15, -0.1) is 0 Å². The fourth-order valence-electron chi connectivity index (χ4n) is 2.27. The summed E-state index contributed by atoms with van der Waals surface area (Å²) < 4.78 is 1.95. The van der Waals surface area contributed by atoms with Gasteiger partial charge in [-0.05, 0) is 51.1 Å². The molecule has 0 saturated carbocycles. The van der Waals surface area contributed by atoms with E-state index in [4.69, 9.17) is 5.11 Å². The molecule has 0 spiro atoms. The van der Waals surface area contributed by atoms with Gasteiger partial charge in [-0.2, -0.15) is 0 Å². The van der Waals surface area contributed by atoms with Gasteiger partial charge in [0.2, 0.25) is 0 Å². The molecule has 0 bridgehead atoms. The Kier molecular flexibility index (Phi) is 3.25. The Hall–Kier alpha value is -2.36. The van der Waals surface area contributed by atoms with Gasteiger partial charge in [-0.25, -0.2) is 4.79 Å². The third-order valence-electron chi connectivity index (χ3n) is 3.18. The van der Waals surface area contributed by atoms with Crippen LogP contribution in [-0.4, -0.2) is 21.4 Å². The first kappa shape index (κ1) is 13.1. The lowest BCUT2D eigenvalue weighted by Crippen LogP contribution is -2.02. The zero-order valence-corrected chi connectivity index (χ0v) is 11.1. The van der Waals surface area contributed by atoms with Crippen molar-refractivity contribution in [3.05, 3.63) is 52.8 Å². The monoisotopic (exact) mass is 257 g/mol. The van der Waals surface area contributed by atoms with E-state index in [-0.39, 0.29) is 11.3 Å². The number of carbonyl (C=O) groups excluding carboxylic acids is 1. The third-order valence-corrected chi connectivity index (χ3v) is 3.18. The van der Waals surface area contributed by atoms with Crippen LogP contribution in [0.3, 0.4) is 0 Å². The normalized spacial score (nSPS) is 10.5. The molecule has 2 aromatic rings. The van der Waals surface area contributed by atoms with Crippen LogP contribution in [0.1, 0.15) is 39.0 Å². The van der Waals surface area contributed by atoms with E-state index in [0.717, 1.165) is 17.1 Å².